The first-order valence-corrected chi connectivity index (χ1v) is 23.7. The van der Waals surface area contributed by atoms with Crippen LogP contribution in [0, 0.1) is 5.92 Å². The van der Waals surface area contributed by atoms with Crippen molar-refractivity contribution in [3.63, 3.8) is 0 Å². The van der Waals surface area contributed by atoms with E-state index >= 15 is 0 Å². The minimum atomic E-state index is -1.23. The predicted molar refractivity (Wildman–Crippen MR) is 233 cm³/mol. The van der Waals surface area contributed by atoms with E-state index in [0.717, 1.165) is 25.7 Å². The van der Waals surface area contributed by atoms with E-state index in [4.69, 9.17) is 30.6 Å². The largest absolute Gasteiger partial charge is 0.481 e. The monoisotopic (exact) mass is 803 g/mol. The first-order chi connectivity index (χ1) is 27.2. The van der Waals surface area contributed by atoms with E-state index in [-0.39, 0.29) is 19.6 Å². The molecule has 9 heteroatoms. The molecule has 0 rings (SSSR count). The molecule has 0 aliphatic rings. The van der Waals surface area contributed by atoms with Gasteiger partial charge in [-0.2, -0.15) is 0 Å². The minimum Gasteiger partial charge on any atom is -0.481 e. The molecule has 0 saturated heterocycles. The third-order valence-electron chi connectivity index (χ3n) is 10.6. The molecular weight excluding hydrogens is 709 g/mol. The van der Waals surface area contributed by atoms with Gasteiger partial charge >= 0.3 is 17.9 Å². The van der Waals surface area contributed by atoms with Gasteiger partial charge in [0.1, 0.15) is 6.10 Å². The summed E-state index contributed by atoms with van der Waals surface area (Å²) in [7, 11) is 0. The zero-order valence-corrected chi connectivity index (χ0v) is 36.8. The molecule has 0 aliphatic carbocycles. The third kappa shape index (κ3) is 54.4. The van der Waals surface area contributed by atoms with Crippen LogP contribution in [0.3, 0.4) is 0 Å². The summed E-state index contributed by atoms with van der Waals surface area (Å²) in [5.74, 6) is -4.31. The van der Waals surface area contributed by atoms with E-state index in [1.54, 1.807) is 0 Å². The second-order valence-electron chi connectivity index (χ2n) is 16.2. The van der Waals surface area contributed by atoms with Crippen LogP contribution in [0.25, 0.3) is 0 Å². The van der Waals surface area contributed by atoms with E-state index in [1.165, 1.54) is 199 Å². The lowest BCUT2D eigenvalue weighted by molar-refractivity contribution is -0.154. The molecule has 0 aromatic heterocycles. The molecule has 0 aliphatic heterocycles. The predicted octanol–water partition coefficient (Wildman–Crippen LogP) is 13.0. The van der Waals surface area contributed by atoms with Crippen LogP contribution in [0.4, 0.5) is 0 Å². The van der Waals surface area contributed by atoms with Crippen molar-refractivity contribution < 1.29 is 45.0 Å². The normalized spacial score (nSPS) is 11.0. The van der Waals surface area contributed by atoms with Gasteiger partial charge in [0.25, 0.3) is 0 Å². The minimum absolute atomic E-state index is 0.253. The van der Waals surface area contributed by atoms with Crippen molar-refractivity contribution in [1.82, 2.24) is 0 Å². The summed E-state index contributed by atoms with van der Waals surface area (Å²) in [5.41, 5.74) is 0. The van der Waals surface area contributed by atoms with Crippen molar-refractivity contribution in [1.29, 1.82) is 0 Å². The SMILES string of the molecule is CCCCCCCCCCCCCCCCCCCC(C(=O)O)C(=O)O.CCCCCCCCCCCCCCCCCCCCCC(=O)O.OCC(O)CO. The van der Waals surface area contributed by atoms with Crippen molar-refractivity contribution in [3.8, 4) is 0 Å². The Morgan fingerprint density at radius 1 is 0.357 bits per heavy atom. The van der Waals surface area contributed by atoms with Crippen LogP contribution in [-0.4, -0.2) is 67.9 Å². The average molecular weight is 803 g/mol. The Hall–Kier alpha value is -1.71. The molecule has 0 spiro atoms. The van der Waals surface area contributed by atoms with E-state index in [2.05, 4.69) is 13.8 Å². The zero-order chi connectivity index (χ0) is 42.2. The molecule has 0 heterocycles. The summed E-state index contributed by atoms with van der Waals surface area (Å²) in [6, 6.07) is 0. The number of hydrogen-bond donors (Lipinski definition) is 6. The first kappa shape index (κ1) is 58.6. The van der Waals surface area contributed by atoms with Gasteiger partial charge < -0.3 is 30.6 Å². The second kappa shape index (κ2) is 51.3. The molecule has 0 radical (unpaired) electrons. The summed E-state index contributed by atoms with van der Waals surface area (Å²) in [5, 5.41) is 50.2. The van der Waals surface area contributed by atoms with Gasteiger partial charge in [-0.05, 0) is 12.8 Å². The lowest BCUT2D eigenvalue weighted by Crippen LogP contribution is -2.23. The highest BCUT2D eigenvalue weighted by atomic mass is 16.4. The molecule has 0 unspecified atom stereocenters. The molecule has 0 aromatic carbocycles. The smallest absolute Gasteiger partial charge is 0.317 e. The van der Waals surface area contributed by atoms with Gasteiger partial charge in [-0.15, -0.1) is 0 Å². The number of rotatable bonds is 42. The molecule has 0 atom stereocenters. The Balaban J connectivity index is -0.000000876. The van der Waals surface area contributed by atoms with Crippen LogP contribution in [0.2, 0.25) is 0 Å². The molecule has 0 bridgehead atoms. The van der Waals surface area contributed by atoms with Crippen molar-refractivity contribution in [2.75, 3.05) is 13.2 Å². The quantitative estimate of drug-likeness (QED) is 0.0259. The molecule has 0 amide bonds. The van der Waals surface area contributed by atoms with Crippen LogP contribution in [0.5, 0.6) is 0 Å². The highest BCUT2D eigenvalue weighted by molar-refractivity contribution is 5.92. The molecule has 336 valence electrons. The fraction of sp³-hybridized carbons (Fsp3) is 0.936. The number of aliphatic hydroxyl groups excluding tert-OH is 3. The van der Waals surface area contributed by atoms with Crippen molar-refractivity contribution in [2.24, 2.45) is 5.92 Å². The van der Waals surface area contributed by atoms with E-state index < -0.39 is 29.9 Å². The number of carbonyl (C=O) groups is 3. The Kier molecular flexibility index (Phi) is 53.7. The number of aliphatic hydroxyl groups is 3. The molecule has 6 N–H and O–H groups in total. The van der Waals surface area contributed by atoms with Gasteiger partial charge in [0, 0.05) is 6.42 Å². The van der Waals surface area contributed by atoms with Crippen LogP contribution < -0.4 is 0 Å². The van der Waals surface area contributed by atoms with Gasteiger partial charge in [-0.25, -0.2) is 0 Å². The Morgan fingerprint density at radius 2 is 0.571 bits per heavy atom. The zero-order valence-electron chi connectivity index (χ0n) is 36.8. The van der Waals surface area contributed by atoms with Crippen LogP contribution in [-0.2, 0) is 14.4 Å². The Morgan fingerprint density at radius 3 is 0.750 bits per heavy atom. The third-order valence-corrected chi connectivity index (χ3v) is 10.6. The van der Waals surface area contributed by atoms with Gasteiger partial charge in [0.2, 0.25) is 0 Å². The van der Waals surface area contributed by atoms with Crippen LogP contribution in [0.15, 0.2) is 0 Å². The lowest BCUT2D eigenvalue weighted by Gasteiger charge is -2.07. The van der Waals surface area contributed by atoms with Crippen LogP contribution >= 0.6 is 0 Å². The summed E-state index contributed by atoms with van der Waals surface area (Å²) in [6.45, 7) is 3.82. The summed E-state index contributed by atoms with van der Waals surface area (Å²) >= 11 is 0. The van der Waals surface area contributed by atoms with Crippen molar-refractivity contribution >= 4 is 17.9 Å². The maximum atomic E-state index is 10.8. The molecule has 56 heavy (non-hydrogen) atoms. The highest BCUT2D eigenvalue weighted by Gasteiger charge is 2.24. The molecule has 9 nitrogen and oxygen atoms in total. The Labute approximate surface area is 345 Å². The number of hydrogen-bond acceptors (Lipinski definition) is 6. The summed E-state index contributed by atoms with van der Waals surface area (Å²) in [4.78, 5) is 31.9. The van der Waals surface area contributed by atoms with Crippen LogP contribution in [0.1, 0.15) is 258 Å². The summed E-state index contributed by atoms with van der Waals surface area (Å²) in [6.07, 6.45) is 47.1. The first-order valence-electron chi connectivity index (χ1n) is 23.7. The van der Waals surface area contributed by atoms with Gasteiger partial charge in [-0.1, -0.05) is 239 Å². The Bertz CT molecular complexity index is 774. The number of carboxylic acids is 3. The number of unbranched alkanes of at least 4 members (excludes halogenated alkanes) is 34. The number of aliphatic carboxylic acids is 3. The van der Waals surface area contributed by atoms with Gasteiger partial charge in [0.05, 0.1) is 13.2 Å². The molecule has 0 aromatic rings. The number of carboxylic acid groups (broad SMARTS) is 3. The second-order valence-corrected chi connectivity index (χ2v) is 16.2. The van der Waals surface area contributed by atoms with Crippen molar-refractivity contribution in [3.05, 3.63) is 0 Å². The topological polar surface area (TPSA) is 173 Å². The van der Waals surface area contributed by atoms with E-state index in [9.17, 15) is 14.4 Å². The fourth-order valence-corrected chi connectivity index (χ4v) is 6.84. The van der Waals surface area contributed by atoms with E-state index in [0.29, 0.717) is 12.8 Å². The molecular formula is C47H94O9. The van der Waals surface area contributed by atoms with Gasteiger partial charge in [0.15, 0.2) is 5.92 Å². The van der Waals surface area contributed by atoms with Crippen molar-refractivity contribution in [2.45, 2.75) is 264 Å². The highest BCUT2D eigenvalue weighted by Crippen LogP contribution is 2.17. The average Bonchev–Trinajstić information content (AvgIpc) is 3.18. The lowest BCUT2D eigenvalue weighted by atomic mass is 10.00. The van der Waals surface area contributed by atoms with Gasteiger partial charge in [-0.3, -0.25) is 14.4 Å². The maximum absolute atomic E-state index is 10.8. The van der Waals surface area contributed by atoms with E-state index in [1.807, 2.05) is 0 Å². The molecule has 0 fully saturated rings. The maximum Gasteiger partial charge on any atom is 0.317 e. The fourth-order valence-electron chi connectivity index (χ4n) is 6.84. The molecule has 0 saturated carbocycles. The standard InChI is InChI=1S/C22H42O4.C22H44O2.C3H8O3/c1-2-3-4-5-6-7-8-9-10-11-12-13-14-15-16-17-18-19-20(21(23)24)22(25)26;1-2-3-4-5-6-7-8-9-10-11-12-13-14-15-16-17-18-19-20-21-22(23)24;4-1-3(6)2-5/h20H,2-19H2,1H3,(H,23,24)(H,25,26);2-21H2,1H3,(H,23,24);3-6H,1-2H2. The summed E-state index contributed by atoms with van der Waals surface area (Å²) < 4.78 is 0.